The van der Waals surface area contributed by atoms with Crippen LogP contribution in [0, 0.1) is 6.92 Å². The van der Waals surface area contributed by atoms with Crippen LogP contribution in [0.5, 0.6) is 0 Å². The summed E-state index contributed by atoms with van der Waals surface area (Å²) in [6.07, 6.45) is 1.87. The third kappa shape index (κ3) is 3.26. The average molecular weight is 376 g/mol. The van der Waals surface area contributed by atoms with Gasteiger partial charge in [-0.15, -0.1) is 0 Å². The topological polar surface area (TPSA) is 3.24 Å². The van der Waals surface area contributed by atoms with E-state index in [-0.39, 0.29) is 0 Å². The first-order valence-corrected chi connectivity index (χ1v) is 10.2. The molecule has 0 aromatic heterocycles. The molecule has 3 aromatic carbocycles. The Hall–Kier alpha value is -2.25. The first kappa shape index (κ1) is 18.1. The SMILES string of the molecule is CCN(CC)c1ccc2c(c1)-c1cc(C)c(Cl)c(Cc3ccccc3)c1C2. The Labute approximate surface area is 167 Å². The molecule has 0 atom stereocenters. The van der Waals surface area contributed by atoms with Crippen LogP contribution in [-0.4, -0.2) is 13.1 Å². The molecule has 2 heteroatoms. The summed E-state index contributed by atoms with van der Waals surface area (Å²) in [7, 11) is 0. The summed E-state index contributed by atoms with van der Waals surface area (Å²) in [5.41, 5.74) is 10.6. The predicted octanol–water partition coefficient (Wildman–Crippen LogP) is 6.66. The Balaban J connectivity index is 1.82. The molecule has 3 aromatic rings. The van der Waals surface area contributed by atoms with E-state index in [2.05, 4.69) is 80.3 Å². The maximum absolute atomic E-state index is 6.79. The first-order valence-electron chi connectivity index (χ1n) is 9.85. The van der Waals surface area contributed by atoms with E-state index in [1.165, 1.54) is 44.6 Å². The number of fused-ring (bicyclic) bond motifs is 3. The smallest absolute Gasteiger partial charge is 0.0473 e. The number of benzene rings is 3. The second-order valence-electron chi connectivity index (χ2n) is 7.37. The highest BCUT2D eigenvalue weighted by molar-refractivity contribution is 6.32. The van der Waals surface area contributed by atoms with E-state index in [1.54, 1.807) is 0 Å². The molecule has 0 fully saturated rings. The van der Waals surface area contributed by atoms with Crippen LogP contribution in [0.25, 0.3) is 11.1 Å². The number of hydrogen-bond acceptors (Lipinski definition) is 1. The molecule has 0 saturated heterocycles. The molecule has 0 heterocycles. The van der Waals surface area contributed by atoms with Gasteiger partial charge < -0.3 is 4.90 Å². The molecule has 0 aliphatic heterocycles. The number of aryl methyl sites for hydroxylation is 1. The predicted molar refractivity (Wildman–Crippen MR) is 117 cm³/mol. The van der Waals surface area contributed by atoms with E-state index in [0.717, 1.165) is 31.0 Å². The van der Waals surface area contributed by atoms with Crippen molar-refractivity contribution in [2.75, 3.05) is 18.0 Å². The summed E-state index contributed by atoms with van der Waals surface area (Å²) in [5.74, 6) is 0. The van der Waals surface area contributed by atoms with Gasteiger partial charge in [0.1, 0.15) is 0 Å². The third-order valence-corrected chi connectivity index (χ3v) is 6.29. The Morgan fingerprint density at radius 1 is 0.926 bits per heavy atom. The highest BCUT2D eigenvalue weighted by Crippen LogP contribution is 2.44. The molecule has 0 bridgehead atoms. The van der Waals surface area contributed by atoms with E-state index in [1.807, 2.05) is 0 Å². The van der Waals surface area contributed by atoms with E-state index < -0.39 is 0 Å². The zero-order valence-corrected chi connectivity index (χ0v) is 17.1. The summed E-state index contributed by atoms with van der Waals surface area (Å²) < 4.78 is 0. The Kier molecular flexibility index (Phi) is 4.97. The molecule has 1 aliphatic rings. The van der Waals surface area contributed by atoms with Gasteiger partial charge in [0.05, 0.1) is 0 Å². The van der Waals surface area contributed by atoms with Crippen LogP contribution in [-0.2, 0) is 12.8 Å². The molecule has 27 heavy (non-hydrogen) atoms. The minimum Gasteiger partial charge on any atom is -0.372 e. The van der Waals surface area contributed by atoms with Gasteiger partial charge in [-0.3, -0.25) is 0 Å². The summed E-state index contributed by atoms with van der Waals surface area (Å²) in [4.78, 5) is 2.41. The quantitative estimate of drug-likeness (QED) is 0.377. The van der Waals surface area contributed by atoms with Crippen molar-refractivity contribution in [3.05, 3.63) is 87.4 Å². The Morgan fingerprint density at radius 2 is 1.67 bits per heavy atom. The molecular formula is C25H26ClN. The number of anilines is 1. The van der Waals surface area contributed by atoms with Crippen molar-refractivity contribution in [1.82, 2.24) is 0 Å². The van der Waals surface area contributed by atoms with Gasteiger partial charge in [0, 0.05) is 23.8 Å². The lowest BCUT2D eigenvalue weighted by atomic mass is 9.93. The van der Waals surface area contributed by atoms with Crippen molar-refractivity contribution in [2.45, 2.75) is 33.6 Å². The maximum Gasteiger partial charge on any atom is 0.0473 e. The molecule has 0 saturated carbocycles. The Bertz CT molecular complexity index is 971. The van der Waals surface area contributed by atoms with E-state index in [0.29, 0.717) is 0 Å². The molecule has 1 aliphatic carbocycles. The number of hydrogen-bond donors (Lipinski definition) is 0. The van der Waals surface area contributed by atoms with Gasteiger partial charge >= 0.3 is 0 Å². The van der Waals surface area contributed by atoms with Gasteiger partial charge in [-0.25, -0.2) is 0 Å². The largest absolute Gasteiger partial charge is 0.372 e. The maximum atomic E-state index is 6.79. The molecule has 1 nitrogen and oxygen atoms in total. The van der Waals surface area contributed by atoms with Gasteiger partial charge in [-0.2, -0.15) is 0 Å². The molecule has 0 radical (unpaired) electrons. The van der Waals surface area contributed by atoms with Crippen LogP contribution in [0.3, 0.4) is 0 Å². The van der Waals surface area contributed by atoms with Crippen LogP contribution in [0.2, 0.25) is 5.02 Å². The summed E-state index contributed by atoms with van der Waals surface area (Å²) in [6, 6.07) is 19.9. The van der Waals surface area contributed by atoms with E-state index >= 15 is 0 Å². The molecular weight excluding hydrogens is 350 g/mol. The summed E-state index contributed by atoms with van der Waals surface area (Å²) in [6.45, 7) is 8.62. The van der Waals surface area contributed by atoms with Crippen LogP contribution in [0.15, 0.2) is 54.6 Å². The second kappa shape index (κ2) is 7.40. The zero-order chi connectivity index (χ0) is 19.0. The van der Waals surface area contributed by atoms with Gasteiger partial charge in [0.15, 0.2) is 0 Å². The molecule has 0 spiro atoms. The molecule has 4 rings (SSSR count). The normalized spacial score (nSPS) is 12.0. The zero-order valence-electron chi connectivity index (χ0n) is 16.3. The fraction of sp³-hybridized carbons (Fsp3) is 0.280. The molecule has 0 unspecified atom stereocenters. The Morgan fingerprint density at radius 3 is 2.37 bits per heavy atom. The lowest BCUT2D eigenvalue weighted by Gasteiger charge is -2.22. The number of nitrogens with zero attached hydrogens (tertiary/aromatic N) is 1. The van der Waals surface area contributed by atoms with Crippen molar-refractivity contribution in [3.63, 3.8) is 0 Å². The van der Waals surface area contributed by atoms with Gasteiger partial charge in [0.2, 0.25) is 0 Å². The van der Waals surface area contributed by atoms with Crippen LogP contribution >= 0.6 is 11.6 Å². The highest BCUT2D eigenvalue weighted by Gasteiger charge is 2.25. The number of rotatable bonds is 5. The van der Waals surface area contributed by atoms with E-state index in [9.17, 15) is 0 Å². The molecule has 138 valence electrons. The fourth-order valence-electron chi connectivity index (χ4n) is 4.27. The lowest BCUT2D eigenvalue weighted by molar-refractivity contribution is 0.866. The van der Waals surface area contributed by atoms with Crippen molar-refractivity contribution in [2.24, 2.45) is 0 Å². The summed E-state index contributed by atoms with van der Waals surface area (Å²) in [5, 5.41) is 0.925. The molecule has 0 N–H and O–H groups in total. The summed E-state index contributed by atoms with van der Waals surface area (Å²) >= 11 is 6.79. The fourth-order valence-corrected chi connectivity index (χ4v) is 4.51. The van der Waals surface area contributed by atoms with Gasteiger partial charge in [-0.05, 0) is 90.8 Å². The minimum atomic E-state index is 0.889. The van der Waals surface area contributed by atoms with Crippen LogP contribution in [0.4, 0.5) is 5.69 Å². The monoisotopic (exact) mass is 375 g/mol. The van der Waals surface area contributed by atoms with Crippen molar-refractivity contribution in [1.29, 1.82) is 0 Å². The second-order valence-corrected chi connectivity index (χ2v) is 7.74. The van der Waals surface area contributed by atoms with Crippen LogP contribution in [0.1, 0.15) is 41.7 Å². The average Bonchev–Trinajstić information content (AvgIpc) is 3.05. The van der Waals surface area contributed by atoms with Gasteiger partial charge in [-0.1, -0.05) is 48.0 Å². The number of halogens is 1. The van der Waals surface area contributed by atoms with Crippen LogP contribution < -0.4 is 4.90 Å². The standard InChI is InChI=1S/C25H26ClN/c1-4-27(5-2)20-12-11-19-15-23-22(21(19)16-20)13-17(3)25(26)24(23)14-18-9-7-6-8-10-18/h6-13,16H,4-5,14-15H2,1-3H3. The third-order valence-electron chi connectivity index (χ3n) is 5.76. The van der Waals surface area contributed by atoms with Crippen molar-refractivity contribution in [3.8, 4) is 11.1 Å². The molecule has 0 amide bonds. The highest BCUT2D eigenvalue weighted by atomic mass is 35.5. The first-order chi connectivity index (χ1) is 13.1. The minimum absolute atomic E-state index is 0.889. The van der Waals surface area contributed by atoms with E-state index in [4.69, 9.17) is 11.6 Å². The van der Waals surface area contributed by atoms with Crippen molar-refractivity contribution < 1.29 is 0 Å². The van der Waals surface area contributed by atoms with Crippen molar-refractivity contribution >= 4 is 17.3 Å². The lowest BCUT2D eigenvalue weighted by Crippen LogP contribution is -2.21. The van der Waals surface area contributed by atoms with Gasteiger partial charge in [0.25, 0.3) is 0 Å².